The van der Waals surface area contributed by atoms with Crippen molar-refractivity contribution in [2.75, 3.05) is 13.2 Å². The summed E-state index contributed by atoms with van der Waals surface area (Å²) in [6.45, 7) is 6.95. The molecule has 0 saturated carbocycles. The predicted molar refractivity (Wildman–Crippen MR) is 123 cm³/mol. The first-order valence-electron chi connectivity index (χ1n) is 10.1. The number of carbonyl (C=O) groups excluding carboxylic acids is 3. The molecule has 0 radical (unpaired) electrons. The second-order valence-electron chi connectivity index (χ2n) is 8.08. The minimum absolute atomic E-state index is 0.0308. The average Bonchev–Trinajstić information content (AvgIpc) is 3.03. The van der Waals surface area contributed by atoms with E-state index in [0.717, 1.165) is 33.3 Å². The Morgan fingerprint density at radius 3 is 2.52 bits per heavy atom. The summed E-state index contributed by atoms with van der Waals surface area (Å²) in [6.07, 6.45) is 0.495. The normalized spacial score (nSPS) is 19.9. The number of imide groups is 1. The Labute approximate surface area is 190 Å². The van der Waals surface area contributed by atoms with Crippen LogP contribution in [-0.4, -0.2) is 45.2 Å². The topological polar surface area (TPSA) is 75.7 Å². The van der Waals surface area contributed by atoms with Crippen LogP contribution in [0, 0.1) is 6.92 Å². The highest BCUT2D eigenvalue weighted by Gasteiger charge is 2.38. The zero-order valence-corrected chi connectivity index (χ0v) is 19.3. The van der Waals surface area contributed by atoms with E-state index in [1.54, 1.807) is 11.8 Å². The van der Waals surface area contributed by atoms with Gasteiger partial charge in [-0.3, -0.25) is 19.7 Å². The maximum Gasteiger partial charge on any atom is 0.286 e. The van der Waals surface area contributed by atoms with Gasteiger partial charge in [-0.05, 0) is 57.0 Å². The molecule has 1 unspecified atom stereocenters. The highest BCUT2D eigenvalue weighted by molar-refractivity contribution is 8.15. The third-order valence-corrected chi connectivity index (χ3v) is 7.59. The molecule has 2 aliphatic heterocycles. The summed E-state index contributed by atoms with van der Waals surface area (Å²) in [5, 5.41) is 1.63. The monoisotopic (exact) mass is 456 g/mol. The van der Waals surface area contributed by atoms with Gasteiger partial charge in [-0.15, -0.1) is 0 Å². The molecule has 0 aliphatic carbocycles. The Morgan fingerprint density at radius 1 is 1.10 bits per heavy atom. The molecule has 0 spiro atoms. The van der Waals surface area contributed by atoms with Crippen LogP contribution >= 0.6 is 23.5 Å². The number of hydrogen-bond acceptors (Lipinski definition) is 6. The molecule has 1 saturated heterocycles. The van der Waals surface area contributed by atoms with E-state index in [9.17, 15) is 14.4 Å². The number of amides is 3. The van der Waals surface area contributed by atoms with Gasteiger partial charge in [-0.25, -0.2) is 0 Å². The van der Waals surface area contributed by atoms with Crippen LogP contribution in [0.25, 0.3) is 0 Å². The van der Waals surface area contributed by atoms with Crippen molar-refractivity contribution in [1.29, 1.82) is 0 Å². The number of nitrogens with one attached hydrogen (secondary N) is 1. The summed E-state index contributed by atoms with van der Waals surface area (Å²) in [5.41, 5.74) is 2.79. The maximum atomic E-state index is 13.1. The van der Waals surface area contributed by atoms with Crippen LogP contribution < -0.4 is 10.1 Å². The highest BCUT2D eigenvalue weighted by atomic mass is 32.2. The number of ether oxygens (including phenoxy) is 1. The van der Waals surface area contributed by atoms with E-state index in [2.05, 4.69) is 19.2 Å². The zero-order valence-electron chi connectivity index (χ0n) is 17.6. The van der Waals surface area contributed by atoms with Gasteiger partial charge in [0.2, 0.25) is 5.91 Å². The van der Waals surface area contributed by atoms with Crippen LogP contribution in [-0.2, 0) is 11.2 Å². The van der Waals surface area contributed by atoms with Crippen molar-refractivity contribution in [2.24, 2.45) is 0 Å². The number of benzene rings is 2. The molecule has 2 aliphatic rings. The Hall–Kier alpha value is -2.45. The van der Waals surface area contributed by atoms with Gasteiger partial charge in [0.25, 0.3) is 11.1 Å². The SMILES string of the molecule is Cc1ccc2c(c1)C(=O)N(CCOc1ccc(CC3SC(=O)NC3=O)cc1)C(C)(C)S2. The quantitative estimate of drug-likeness (QED) is 0.700. The molecule has 0 aromatic heterocycles. The smallest absolute Gasteiger partial charge is 0.286 e. The summed E-state index contributed by atoms with van der Waals surface area (Å²) < 4.78 is 5.88. The molecule has 2 aromatic carbocycles. The van der Waals surface area contributed by atoms with Crippen molar-refractivity contribution in [3.63, 3.8) is 0 Å². The summed E-state index contributed by atoms with van der Waals surface area (Å²) in [7, 11) is 0. The first kappa shape index (κ1) is 21.8. The third kappa shape index (κ3) is 4.75. The first-order valence-corrected chi connectivity index (χ1v) is 11.8. The summed E-state index contributed by atoms with van der Waals surface area (Å²) in [4.78, 5) is 38.6. The second kappa shape index (κ2) is 8.59. The molecule has 8 heteroatoms. The molecule has 3 amide bonds. The third-order valence-electron chi connectivity index (χ3n) is 5.32. The van der Waals surface area contributed by atoms with Crippen LogP contribution in [0.15, 0.2) is 47.4 Å². The van der Waals surface area contributed by atoms with E-state index in [4.69, 9.17) is 4.74 Å². The van der Waals surface area contributed by atoms with Gasteiger partial charge in [0.15, 0.2) is 0 Å². The van der Waals surface area contributed by atoms with E-state index in [0.29, 0.717) is 25.3 Å². The highest BCUT2D eigenvalue weighted by Crippen LogP contribution is 2.42. The van der Waals surface area contributed by atoms with Gasteiger partial charge in [0.1, 0.15) is 12.4 Å². The number of hydrogen-bond donors (Lipinski definition) is 1. The number of carbonyl (C=O) groups is 3. The number of nitrogens with zero attached hydrogens (tertiary/aromatic N) is 1. The van der Waals surface area contributed by atoms with Crippen molar-refractivity contribution in [3.05, 3.63) is 59.2 Å². The Bertz CT molecular complexity index is 1040. The van der Waals surface area contributed by atoms with Crippen LogP contribution in [0.2, 0.25) is 0 Å². The van der Waals surface area contributed by atoms with Gasteiger partial charge < -0.3 is 9.64 Å². The molecule has 162 valence electrons. The van der Waals surface area contributed by atoms with Crippen molar-refractivity contribution < 1.29 is 19.1 Å². The average molecular weight is 457 g/mol. The Kier molecular flexibility index (Phi) is 6.03. The van der Waals surface area contributed by atoms with Crippen LogP contribution in [0.3, 0.4) is 0 Å². The van der Waals surface area contributed by atoms with Crippen LogP contribution in [0.4, 0.5) is 4.79 Å². The lowest BCUT2D eigenvalue weighted by Crippen LogP contribution is -2.49. The lowest BCUT2D eigenvalue weighted by atomic mass is 10.1. The van der Waals surface area contributed by atoms with Crippen molar-refractivity contribution in [2.45, 2.75) is 42.2 Å². The fourth-order valence-electron chi connectivity index (χ4n) is 3.70. The standard InChI is InChI=1S/C23H24N2O4S2/c1-14-4-9-18-17(12-14)21(27)25(23(2,3)31-18)10-11-29-16-7-5-15(6-8-16)13-19-20(26)24-22(28)30-19/h4-9,12,19H,10-11,13H2,1-3H3,(H,24,26,28). The van der Waals surface area contributed by atoms with E-state index in [-0.39, 0.29) is 27.2 Å². The Morgan fingerprint density at radius 2 is 1.84 bits per heavy atom. The second-order valence-corrected chi connectivity index (χ2v) is 10.9. The lowest BCUT2D eigenvalue weighted by Gasteiger charge is -2.42. The van der Waals surface area contributed by atoms with Gasteiger partial charge in [-0.1, -0.05) is 47.3 Å². The molecular formula is C23H24N2O4S2. The van der Waals surface area contributed by atoms with Gasteiger partial charge in [0.05, 0.1) is 22.2 Å². The minimum Gasteiger partial charge on any atom is -0.492 e. The summed E-state index contributed by atoms with van der Waals surface area (Å²) in [5.74, 6) is 0.497. The molecule has 31 heavy (non-hydrogen) atoms. The van der Waals surface area contributed by atoms with Gasteiger partial charge >= 0.3 is 0 Å². The van der Waals surface area contributed by atoms with Gasteiger partial charge in [-0.2, -0.15) is 0 Å². The number of aryl methyl sites for hydroxylation is 1. The number of rotatable bonds is 6. The van der Waals surface area contributed by atoms with Crippen LogP contribution in [0.1, 0.15) is 35.3 Å². The van der Waals surface area contributed by atoms with E-state index >= 15 is 0 Å². The molecule has 2 aromatic rings. The van der Waals surface area contributed by atoms with E-state index < -0.39 is 0 Å². The largest absolute Gasteiger partial charge is 0.492 e. The molecule has 2 heterocycles. The van der Waals surface area contributed by atoms with Crippen molar-refractivity contribution >= 4 is 40.6 Å². The molecule has 0 bridgehead atoms. The maximum absolute atomic E-state index is 13.1. The molecule has 6 nitrogen and oxygen atoms in total. The summed E-state index contributed by atoms with van der Waals surface area (Å²) in [6, 6.07) is 13.5. The predicted octanol–water partition coefficient (Wildman–Crippen LogP) is 4.25. The first-order chi connectivity index (χ1) is 14.7. The number of fused-ring (bicyclic) bond motifs is 1. The fourth-order valence-corrected chi connectivity index (χ4v) is 5.78. The minimum atomic E-state index is -0.379. The lowest BCUT2D eigenvalue weighted by molar-refractivity contribution is -0.118. The molecule has 1 N–H and O–H groups in total. The van der Waals surface area contributed by atoms with Crippen molar-refractivity contribution in [1.82, 2.24) is 10.2 Å². The Balaban J connectivity index is 1.35. The van der Waals surface area contributed by atoms with E-state index in [1.165, 1.54) is 0 Å². The molecular weight excluding hydrogens is 432 g/mol. The zero-order chi connectivity index (χ0) is 22.2. The molecule has 1 atom stereocenters. The van der Waals surface area contributed by atoms with Crippen LogP contribution in [0.5, 0.6) is 5.75 Å². The number of thioether (sulfide) groups is 2. The molecule has 4 rings (SSSR count). The van der Waals surface area contributed by atoms with Gasteiger partial charge in [0, 0.05) is 4.90 Å². The summed E-state index contributed by atoms with van der Waals surface area (Å²) >= 11 is 2.72. The molecule has 1 fully saturated rings. The van der Waals surface area contributed by atoms with E-state index in [1.807, 2.05) is 54.3 Å². The van der Waals surface area contributed by atoms with Crippen molar-refractivity contribution in [3.8, 4) is 5.75 Å². The fraction of sp³-hybridized carbons (Fsp3) is 0.348.